The van der Waals surface area contributed by atoms with E-state index in [4.69, 9.17) is 0 Å². The van der Waals surface area contributed by atoms with E-state index < -0.39 is 17.3 Å². The van der Waals surface area contributed by atoms with Crippen molar-refractivity contribution in [2.75, 3.05) is 11.1 Å². The lowest BCUT2D eigenvalue weighted by Crippen LogP contribution is -2.39. The third-order valence-corrected chi connectivity index (χ3v) is 7.22. The molecule has 12 heteroatoms. The molecule has 0 radical (unpaired) electrons. The first-order valence-electron chi connectivity index (χ1n) is 12.0. The van der Waals surface area contributed by atoms with Crippen molar-refractivity contribution in [3.05, 3.63) is 66.1 Å². The molecule has 196 valence electrons. The number of carboxylic acids is 1. The van der Waals surface area contributed by atoms with E-state index in [0.717, 1.165) is 38.4 Å². The van der Waals surface area contributed by atoms with E-state index in [1.807, 2.05) is 57.2 Å². The van der Waals surface area contributed by atoms with Crippen molar-refractivity contribution in [1.29, 1.82) is 0 Å². The van der Waals surface area contributed by atoms with E-state index in [9.17, 15) is 14.7 Å². The van der Waals surface area contributed by atoms with Crippen LogP contribution < -0.4 is 10.6 Å². The average Bonchev–Trinajstić information content (AvgIpc) is 3.53. The monoisotopic (exact) mass is 549 g/mol. The lowest BCUT2D eigenvalue weighted by Gasteiger charge is -2.12. The third kappa shape index (κ3) is 5.76. The molecular weight excluding hydrogens is 522 g/mol. The Hall–Kier alpha value is -4.03. The number of hydrogen-bond donors (Lipinski definition) is 3. The number of nitrogens with one attached hydrogen (secondary N) is 2. The summed E-state index contributed by atoms with van der Waals surface area (Å²) in [6.07, 6.45) is 3.12. The largest absolute Gasteiger partial charge is 0.479 e. The fraction of sp³-hybridized carbons (Fsp3) is 0.231. The van der Waals surface area contributed by atoms with Gasteiger partial charge in [-0.25, -0.2) is 14.8 Å². The van der Waals surface area contributed by atoms with Crippen molar-refractivity contribution in [3.8, 4) is 11.4 Å². The number of carboxylic acid groups (broad SMARTS) is 1. The van der Waals surface area contributed by atoms with Crippen molar-refractivity contribution in [2.45, 2.75) is 33.1 Å². The van der Waals surface area contributed by atoms with Crippen LogP contribution in [-0.2, 0) is 4.79 Å². The SMILES string of the molecule is CC.CCSC(NC(=O)c1nccn2c(-c3ccc(Nc4nc5ccc(C)cc5s4)cc3)nnc12)C(=O)O. The highest BCUT2D eigenvalue weighted by atomic mass is 32.2. The molecule has 5 rings (SSSR count). The Morgan fingerprint density at radius 2 is 1.89 bits per heavy atom. The molecule has 3 aromatic heterocycles. The molecule has 0 aliphatic carbocycles. The molecule has 0 saturated heterocycles. The van der Waals surface area contributed by atoms with Gasteiger partial charge in [-0.2, -0.15) is 0 Å². The quantitative estimate of drug-likeness (QED) is 0.218. The highest BCUT2D eigenvalue weighted by molar-refractivity contribution is 8.00. The van der Waals surface area contributed by atoms with Crippen LogP contribution in [0.15, 0.2) is 54.9 Å². The topological polar surface area (TPSA) is 134 Å². The number of thiazole rings is 1. The van der Waals surface area contributed by atoms with Crippen LogP contribution in [0, 0.1) is 6.92 Å². The lowest BCUT2D eigenvalue weighted by atomic mass is 10.2. The minimum absolute atomic E-state index is 0.00330. The zero-order chi connectivity index (χ0) is 27.2. The van der Waals surface area contributed by atoms with Gasteiger partial charge in [-0.05, 0) is 54.6 Å². The highest BCUT2D eigenvalue weighted by Gasteiger charge is 2.24. The van der Waals surface area contributed by atoms with Crippen molar-refractivity contribution in [1.82, 2.24) is 29.9 Å². The van der Waals surface area contributed by atoms with E-state index in [1.165, 1.54) is 11.8 Å². The molecule has 3 heterocycles. The standard InChI is InChI=1S/C24H21N7O3S2.C2H6/c1-3-35-22(23(33)34)28-21(32)18-20-30-29-19(31(20)11-10-25-18)14-5-7-15(8-6-14)26-24-27-16-9-4-13(2)12-17(16)36-24;1-2/h4-12,22H,3H2,1-2H3,(H,26,27)(H,28,32)(H,33,34);1-2H3. The Balaban J connectivity index is 0.00000164. The summed E-state index contributed by atoms with van der Waals surface area (Å²) in [6, 6.07) is 13.8. The van der Waals surface area contributed by atoms with Crippen LogP contribution in [0.1, 0.15) is 36.8 Å². The second-order valence-corrected chi connectivity index (χ2v) is 10.2. The molecule has 0 aliphatic rings. The van der Waals surface area contributed by atoms with E-state index in [-0.39, 0.29) is 11.3 Å². The fourth-order valence-corrected chi connectivity index (χ4v) is 5.27. The van der Waals surface area contributed by atoms with Crippen LogP contribution in [0.5, 0.6) is 0 Å². The number of anilines is 2. The summed E-state index contributed by atoms with van der Waals surface area (Å²) in [5, 5.41) is 23.3. The zero-order valence-corrected chi connectivity index (χ0v) is 22.9. The van der Waals surface area contributed by atoms with Crippen molar-refractivity contribution < 1.29 is 14.7 Å². The van der Waals surface area contributed by atoms with Gasteiger partial charge in [0.25, 0.3) is 5.91 Å². The van der Waals surface area contributed by atoms with Crippen molar-refractivity contribution in [3.63, 3.8) is 0 Å². The van der Waals surface area contributed by atoms with E-state index >= 15 is 0 Å². The summed E-state index contributed by atoms with van der Waals surface area (Å²) in [5.74, 6) is -0.688. The zero-order valence-electron chi connectivity index (χ0n) is 21.3. The molecule has 10 nitrogen and oxygen atoms in total. The number of carbonyl (C=O) groups is 2. The number of nitrogens with zero attached hydrogens (tertiary/aromatic N) is 5. The predicted octanol–water partition coefficient (Wildman–Crippen LogP) is 5.37. The maximum Gasteiger partial charge on any atom is 0.336 e. The normalized spacial score (nSPS) is 11.6. The van der Waals surface area contributed by atoms with Gasteiger partial charge in [-0.15, -0.1) is 22.0 Å². The first-order chi connectivity index (χ1) is 18.4. The number of aliphatic carboxylic acids is 1. The third-order valence-electron chi connectivity index (χ3n) is 5.30. The summed E-state index contributed by atoms with van der Waals surface area (Å²) in [5.41, 5.74) is 4.05. The Morgan fingerprint density at radius 1 is 1.13 bits per heavy atom. The van der Waals surface area contributed by atoms with Crippen LogP contribution in [0.2, 0.25) is 0 Å². The van der Waals surface area contributed by atoms with Crippen molar-refractivity contribution >= 4 is 61.7 Å². The molecule has 0 saturated carbocycles. The van der Waals surface area contributed by atoms with Gasteiger partial charge < -0.3 is 15.7 Å². The van der Waals surface area contributed by atoms with Crippen molar-refractivity contribution in [2.24, 2.45) is 0 Å². The van der Waals surface area contributed by atoms with Gasteiger partial charge >= 0.3 is 5.97 Å². The van der Waals surface area contributed by atoms with Crippen LogP contribution in [-0.4, -0.2) is 52.7 Å². The van der Waals surface area contributed by atoms with Gasteiger partial charge in [0.05, 0.1) is 10.2 Å². The minimum atomic E-state index is -1.13. The molecule has 1 amide bonds. The number of fused-ring (bicyclic) bond motifs is 2. The van der Waals surface area contributed by atoms with E-state index in [1.54, 1.807) is 21.9 Å². The number of hydrogen-bond acceptors (Lipinski definition) is 9. The number of aryl methyl sites for hydroxylation is 1. The predicted molar refractivity (Wildman–Crippen MR) is 152 cm³/mol. The Kier molecular flexibility index (Phi) is 8.54. The molecule has 1 atom stereocenters. The first-order valence-corrected chi connectivity index (χ1v) is 13.9. The average molecular weight is 550 g/mol. The molecule has 3 N–H and O–H groups in total. The number of thioether (sulfide) groups is 1. The van der Waals surface area contributed by atoms with Crippen LogP contribution in [0.3, 0.4) is 0 Å². The lowest BCUT2D eigenvalue weighted by molar-refractivity contribution is -0.136. The van der Waals surface area contributed by atoms with E-state index in [2.05, 4.69) is 43.8 Å². The molecule has 1 unspecified atom stereocenters. The van der Waals surface area contributed by atoms with E-state index in [0.29, 0.717) is 11.6 Å². The molecule has 38 heavy (non-hydrogen) atoms. The summed E-state index contributed by atoms with van der Waals surface area (Å²) in [7, 11) is 0. The molecule has 0 bridgehead atoms. The van der Waals surface area contributed by atoms with Gasteiger partial charge in [0.2, 0.25) is 0 Å². The van der Waals surface area contributed by atoms with Crippen LogP contribution >= 0.6 is 23.1 Å². The van der Waals surface area contributed by atoms with Gasteiger partial charge in [0.15, 0.2) is 27.7 Å². The molecule has 0 spiro atoms. The van der Waals surface area contributed by atoms with Gasteiger partial charge in [-0.3, -0.25) is 9.20 Å². The number of carbonyl (C=O) groups excluding carboxylic acids is 1. The number of benzene rings is 2. The maximum absolute atomic E-state index is 12.8. The van der Waals surface area contributed by atoms with Gasteiger partial charge in [0, 0.05) is 23.6 Å². The molecule has 0 fully saturated rings. The molecule has 0 aliphatic heterocycles. The Morgan fingerprint density at radius 3 is 2.61 bits per heavy atom. The Bertz CT molecular complexity index is 1580. The minimum Gasteiger partial charge on any atom is -0.479 e. The number of amides is 1. The molecule has 5 aromatic rings. The highest BCUT2D eigenvalue weighted by Crippen LogP contribution is 2.30. The maximum atomic E-state index is 12.8. The second-order valence-electron chi connectivity index (χ2n) is 7.83. The molecular formula is C26H27N7O3S2. The van der Waals surface area contributed by atoms with Crippen LogP contribution in [0.4, 0.5) is 10.8 Å². The first kappa shape index (κ1) is 27.0. The Labute approximate surface area is 227 Å². The number of aromatic nitrogens is 5. The van der Waals surface area contributed by atoms with Crippen LogP contribution in [0.25, 0.3) is 27.3 Å². The van der Waals surface area contributed by atoms with Gasteiger partial charge in [0.1, 0.15) is 0 Å². The summed E-state index contributed by atoms with van der Waals surface area (Å²) in [6.45, 7) is 7.88. The summed E-state index contributed by atoms with van der Waals surface area (Å²) >= 11 is 2.70. The fourth-order valence-electron chi connectivity index (χ4n) is 3.62. The van der Waals surface area contributed by atoms with Gasteiger partial charge in [-0.1, -0.05) is 38.2 Å². The summed E-state index contributed by atoms with van der Waals surface area (Å²) < 4.78 is 2.78. The molecule has 2 aromatic carbocycles. The number of rotatable bonds is 8. The summed E-state index contributed by atoms with van der Waals surface area (Å²) in [4.78, 5) is 32.9. The second kappa shape index (κ2) is 12.0. The smallest absolute Gasteiger partial charge is 0.336 e.